The number of aryl methyl sites for hydroxylation is 1. The standard InChI is InChI=1S/C11H14F2N2O2S/c1-7-4-11(10(13)5-9(7)12)18(16,17)15-3-2-8(14)6-15/h4-5,8H,2-3,6,14H2,1H3/t8-/m1/s1. The number of nitrogens with two attached hydrogens (primary N) is 1. The van der Waals surface area contributed by atoms with Gasteiger partial charge in [-0.1, -0.05) is 0 Å². The van der Waals surface area contributed by atoms with Crippen LogP contribution in [0.2, 0.25) is 0 Å². The lowest BCUT2D eigenvalue weighted by Crippen LogP contribution is -2.32. The first kappa shape index (κ1) is 13.4. The predicted octanol–water partition coefficient (Wildman–Crippen LogP) is 0.995. The number of benzene rings is 1. The fourth-order valence-corrected chi connectivity index (χ4v) is 3.58. The SMILES string of the molecule is Cc1cc(S(=O)(=O)N2CC[C@@H](N)C2)c(F)cc1F. The average molecular weight is 276 g/mol. The Morgan fingerprint density at radius 2 is 2.00 bits per heavy atom. The Kier molecular flexibility index (Phi) is 3.39. The number of hydrogen-bond acceptors (Lipinski definition) is 3. The second-order valence-corrected chi connectivity index (χ2v) is 6.35. The highest BCUT2D eigenvalue weighted by molar-refractivity contribution is 7.89. The largest absolute Gasteiger partial charge is 0.326 e. The van der Waals surface area contributed by atoms with Gasteiger partial charge in [-0.05, 0) is 25.0 Å². The predicted molar refractivity (Wildman–Crippen MR) is 62.4 cm³/mol. The van der Waals surface area contributed by atoms with Crippen LogP contribution in [-0.2, 0) is 10.0 Å². The van der Waals surface area contributed by atoms with E-state index in [9.17, 15) is 17.2 Å². The fraction of sp³-hybridized carbons (Fsp3) is 0.455. The molecule has 1 aliphatic heterocycles. The third-order valence-electron chi connectivity index (χ3n) is 3.02. The number of hydrogen-bond donors (Lipinski definition) is 1. The molecule has 1 aliphatic rings. The van der Waals surface area contributed by atoms with Gasteiger partial charge in [-0.25, -0.2) is 17.2 Å². The van der Waals surface area contributed by atoms with Crippen LogP contribution in [0.25, 0.3) is 0 Å². The lowest BCUT2D eigenvalue weighted by atomic mass is 10.2. The summed E-state index contributed by atoms with van der Waals surface area (Å²) < 4.78 is 52.2. The third-order valence-corrected chi connectivity index (χ3v) is 4.90. The first-order valence-corrected chi connectivity index (χ1v) is 6.98. The molecule has 1 aromatic carbocycles. The first-order valence-electron chi connectivity index (χ1n) is 5.53. The highest BCUT2D eigenvalue weighted by Gasteiger charge is 2.33. The first-order chi connectivity index (χ1) is 8.32. The van der Waals surface area contributed by atoms with E-state index in [1.54, 1.807) is 0 Å². The van der Waals surface area contributed by atoms with Crippen LogP contribution < -0.4 is 5.73 Å². The molecule has 2 rings (SSSR count). The van der Waals surface area contributed by atoms with Gasteiger partial charge in [0, 0.05) is 25.2 Å². The molecule has 0 radical (unpaired) electrons. The van der Waals surface area contributed by atoms with Gasteiger partial charge in [0.05, 0.1) is 0 Å². The van der Waals surface area contributed by atoms with Crippen LogP contribution in [0.15, 0.2) is 17.0 Å². The third kappa shape index (κ3) is 2.25. The van der Waals surface area contributed by atoms with Gasteiger partial charge in [-0.15, -0.1) is 0 Å². The van der Waals surface area contributed by atoms with E-state index >= 15 is 0 Å². The minimum absolute atomic E-state index is 0.0958. The van der Waals surface area contributed by atoms with E-state index < -0.39 is 26.6 Å². The van der Waals surface area contributed by atoms with Gasteiger partial charge >= 0.3 is 0 Å². The van der Waals surface area contributed by atoms with Gasteiger partial charge in [0.2, 0.25) is 10.0 Å². The molecule has 1 fully saturated rings. The van der Waals surface area contributed by atoms with Crippen LogP contribution in [0.5, 0.6) is 0 Å². The lowest BCUT2D eigenvalue weighted by molar-refractivity contribution is 0.463. The Labute approximate surface area is 104 Å². The maximum absolute atomic E-state index is 13.6. The molecule has 0 saturated carbocycles. The smallest absolute Gasteiger partial charge is 0.246 e. The molecule has 0 aromatic heterocycles. The molecule has 1 saturated heterocycles. The summed E-state index contributed by atoms with van der Waals surface area (Å²) in [4.78, 5) is -0.490. The summed E-state index contributed by atoms with van der Waals surface area (Å²) in [6.45, 7) is 1.82. The van der Waals surface area contributed by atoms with Crippen molar-refractivity contribution in [1.82, 2.24) is 4.31 Å². The van der Waals surface area contributed by atoms with Crippen molar-refractivity contribution in [1.29, 1.82) is 0 Å². The van der Waals surface area contributed by atoms with E-state index in [4.69, 9.17) is 5.73 Å². The van der Waals surface area contributed by atoms with E-state index in [1.807, 2.05) is 0 Å². The highest BCUT2D eigenvalue weighted by Crippen LogP contribution is 2.24. The Balaban J connectivity index is 2.45. The number of sulfonamides is 1. The number of halogens is 2. The molecule has 0 bridgehead atoms. The molecule has 0 aliphatic carbocycles. The summed E-state index contributed by atoms with van der Waals surface area (Å²) in [6, 6.07) is 1.38. The van der Waals surface area contributed by atoms with Crippen LogP contribution in [0.4, 0.5) is 8.78 Å². The molecule has 18 heavy (non-hydrogen) atoms. The van der Waals surface area contributed by atoms with Crippen molar-refractivity contribution in [3.05, 3.63) is 29.3 Å². The van der Waals surface area contributed by atoms with E-state index in [1.165, 1.54) is 6.92 Å². The number of nitrogens with zero attached hydrogens (tertiary/aromatic N) is 1. The molecular weight excluding hydrogens is 262 g/mol. The van der Waals surface area contributed by atoms with Crippen molar-refractivity contribution < 1.29 is 17.2 Å². The lowest BCUT2D eigenvalue weighted by Gasteiger charge is -2.16. The van der Waals surface area contributed by atoms with Crippen LogP contribution in [0.3, 0.4) is 0 Å². The molecular formula is C11H14F2N2O2S. The van der Waals surface area contributed by atoms with E-state index in [2.05, 4.69) is 0 Å². The zero-order valence-electron chi connectivity index (χ0n) is 9.86. The van der Waals surface area contributed by atoms with Gasteiger partial charge in [0.15, 0.2) is 0 Å². The van der Waals surface area contributed by atoms with E-state index in [0.717, 1.165) is 10.4 Å². The minimum atomic E-state index is -3.93. The van der Waals surface area contributed by atoms with Gasteiger partial charge in [-0.2, -0.15) is 4.31 Å². The van der Waals surface area contributed by atoms with Gasteiger partial charge < -0.3 is 5.73 Å². The average Bonchev–Trinajstić information content (AvgIpc) is 2.70. The summed E-state index contributed by atoms with van der Waals surface area (Å²) in [7, 11) is -3.93. The van der Waals surface area contributed by atoms with Crippen molar-refractivity contribution in [2.75, 3.05) is 13.1 Å². The molecule has 0 spiro atoms. The second-order valence-electron chi connectivity index (χ2n) is 4.44. The maximum atomic E-state index is 13.6. The van der Waals surface area contributed by atoms with Gasteiger partial charge in [0.1, 0.15) is 16.5 Å². The molecule has 1 aromatic rings. The number of rotatable bonds is 2. The van der Waals surface area contributed by atoms with Crippen molar-refractivity contribution in [2.24, 2.45) is 5.73 Å². The Morgan fingerprint density at radius 3 is 2.56 bits per heavy atom. The van der Waals surface area contributed by atoms with Crippen molar-refractivity contribution in [2.45, 2.75) is 24.3 Å². The molecule has 1 atom stereocenters. The minimum Gasteiger partial charge on any atom is -0.326 e. The molecule has 2 N–H and O–H groups in total. The molecule has 0 amide bonds. The van der Waals surface area contributed by atoms with Gasteiger partial charge in [-0.3, -0.25) is 0 Å². The van der Waals surface area contributed by atoms with E-state index in [-0.39, 0.29) is 24.7 Å². The summed E-state index contributed by atoms with van der Waals surface area (Å²) >= 11 is 0. The van der Waals surface area contributed by atoms with Crippen LogP contribution in [0.1, 0.15) is 12.0 Å². The second kappa shape index (κ2) is 4.56. The molecule has 7 heteroatoms. The van der Waals surface area contributed by atoms with Crippen LogP contribution in [0, 0.1) is 18.6 Å². The monoisotopic (exact) mass is 276 g/mol. The van der Waals surface area contributed by atoms with Crippen LogP contribution in [-0.4, -0.2) is 31.9 Å². The highest BCUT2D eigenvalue weighted by atomic mass is 32.2. The van der Waals surface area contributed by atoms with Crippen molar-refractivity contribution in [3.63, 3.8) is 0 Å². The van der Waals surface area contributed by atoms with Crippen molar-refractivity contribution in [3.8, 4) is 0 Å². The molecule has 100 valence electrons. The summed E-state index contributed by atoms with van der Waals surface area (Å²) in [5.74, 6) is -1.83. The Hall–Kier alpha value is -1.05. The van der Waals surface area contributed by atoms with Crippen LogP contribution >= 0.6 is 0 Å². The normalized spacial score (nSPS) is 21.4. The zero-order valence-corrected chi connectivity index (χ0v) is 10.7. The van der Waals surface area contributed by atoms with E-state index in [0.29, 0.717) is 12.5 Å². The summed E-state index contributed by atoms with van der Waals surface area (Å²) in [5.41, 5.74) is 5.73. The fourth-order valence-electron chi connectivity index (χ4n) is 1.94. The Morgan fingerprint density at radius 1 is 1.33 bits per heavy atom. The van der Waals surface area contributed by atoms with Crippen molar-refractivity contribution >= 4 is 10.0 Å². The Bertz CT molecular complexity index is 575. The zero-order chi connectivity index (χ0) is 13.5. The van der Waals surface area contributed by atoms with Gasteiger partial charge in [0.25, 0.3) is 0 Å². The topological polar surface area (TPSA) is 63.4 Å². The molecule has 4 nitrogen and oxygen atoms in total. The molecule has 1 heterocycles. The molecule has 0 unspecified atom stereocenters. The maximum Gasteiger partial charge on any atom is 0.246 e. The summed E-state index contributed by atoms with van der Waals surface area (Å²) in [5, 5.41) is 0. The summed E-state index contributed by atoms with van der Waals surface area (Å²) in [6.07, 6.45) is 0.543. The quantitative estimate of drug-likeness (QED) is 0.876.